The van der Waals surface area contributed by atoms with Gasteiger partial charge in [0, 0.05) is 17.9 Å². The lowest BCUT2D eigenvalue weighted by molar-refractivity contribution is -0.904. The Hall–Kier alpha value is -1.10. The van der Waals surface area contributed by atoms with Gasteiger partial charge in [-0.25, -0.2) is 4.79 Å². The Balaban J connectivity index is 1.70. The first kappa shape index (κ1) is 15.3. The van der Waals surface area contributed by atoms with Crippen LogP contribution in [-0.2, 0) is 4.79 Å². The van der Waals surface area contributed by atoms with Crippen LogP contribution in [0.4, 0.5) is 4.79 Å². The third-order valence-electron chi connectivity index (χ3n) is 4.43. The van der Waals surface area contributed by atoms with Gasteiger partial charge in [0.1, 0.15) is 0 Å². The van der Waals surface area contributed by atoms with Crippen LogP contribution >= 0.6 is 0 Å². The molecule has 1 saturated carbocycles. The smallest absolute Gasteiger partial charge is 0.321 e. The molecule has 5 heteroatoms. The SMILES string of the molecule is C[C@H]1C[C@H](C)C[NH+](CC(=O)NC(=O)NC2CCCC2)C1. The first-order valence-corrected chi connectivity index (χ1v) is 7.97. The average Bonchev–Trinajstić information content (AvgIpc) is 2.79. The van der Waals surface area contributed by atoms with E-state index in [1.807, 2.05) is 0 Å². The summed E-state index contributed by atoms with van der Waals surface area (Å²) in [6.07, 6.45) is 5.66. The summed E-state index contributed by atoms with van der Waals surface area (Å²) in [6, 6.07) is -0.0652. The second-order valence-electron chi connectivity index (χ2n) is 6.78. The molecule has 0 radical (unpaired) electrons. The standard InChI is InChI=1S/C15H27N3O2/c1-11-7-12(2)9-18(8-11)10-14(19)17-15(20)16-13-5-3-4-6-13/h11-13H,3-10H2,1-2H3,(H2,16,17,19,20)/p+1/t11-,12-/m0/s1. The first-order valence-electron chi connectivity index (χ1n) is 7.97. The van der Waals surface area contributed by atoms with Gasteiger partial charge in [0.2, 0.25) is 0 Å². The van der Waals surface area contributed by atoms with Gasteiger partial charge in [-0.3, -0.25) is 10.1 Å². The number of rotatable bonds is 3. The van der Waals surface area contributed by atoms with E-state index >= 15 is 0 Å². The Labute approximate surface area is 121 Å². The number of piperidine rings is 1. The van der Waals surface area contributed by atoms with Crippen LogP contribution in [0, 0.1) is 11.8 Å². The van der Waals surface area contributed by atoms with Gasteiger partial charge >= 0.3 is 6.03 Å². The lowest BCUT2D eigenvalue weighted by Crippen LogP contribution is -3.15. The number of amides is 3. The fraction of sp³-hybridized carbons (Fsp3) is 0.867. The number of carbonyl (C=O) groups excluding carboxylic acids is 2. The highest BCUT2D eigenvalue weighted by Crippen LogP contribution is 2.17. The number of hydrogen-bond donors (Lipinski definition) is 3. The van der Waals surface area contributed by atoms with E-state index in [2.05, 4.69) is 24.5 Å². The Kier molecular flexibility index (Phi) is 5.40. The van der Waals surface area contributed by atoms with E-state index in [1.54, 1.807) is 0 Å². The molecule has 0 aromatic carbocycles. The van der Waals surface area contributed by atoms with Crippen molar-refractivity contribution in [3.63, 3.8) is 0 Å². The normalized spacial score (nSPS) is 31.0. The number of urea groups is 1. The van der Waals surface area contributed by atoms with Crippen molar-refractivity contribution >= 4 is 11.9 Å². The molecular formula is C15H28N3O2+. The number of carbonyl (C=O) groups is 2. The summed E-state index contributed by atoms with van der Waals surface area (Å²) < 4.78 is 0. The predicted octanol–water partition coefficient (Wildman–Crippen LogP) is 0.316. The van der Waals surface area contributed by atoms with Gasteiger partial charge in [-0.2, -0.15) is 0 Å². The summed E-state index contributed by atoms with van der Waals surface area (Å²) in [5, 5.41) is 5.36. The van der Waals surface area contributed by atoms with Crippen molar-refractivity contribution in [1.29, 1.82) is 0 Å². The van der Waals surface area contributed by atoms with Crippen molar-refractivity contribution in [2.45, 2.75) is 52.0 Å². The molecule has 5 nitrogen and oxygen atoms in total. The molecule has 0 aromatic rings. The third-order valence-corrected chi connectivity index (χ3v) is 4.43. The first-order chi connectivity index (χ1) is 9.52. The van der Waals surface area contributed by atoms with Crippen molar-refractivity contribution < 1.29 is 14.5 Å². The van der Waals surface area contributed by atoms with E-state index < -0.39 is 0 Å². The monoisotopic (exact) mass is 282 g/mol. The van der Waals surface area contributed by atoms with E-state index in [-0.39, 0.29) is 18.0 Å². The number of likely N-dealkylation sites (tertiary alicyclic amines) is 1. The van der Waals surface area contributed by atoms with E-state index in [9.17, 15) is 9.59 Å². The fourth-order valence-electron chi connectivity index (χ4n) is 3.76. The molecule has 0 aromatic heterocycles. The molecule has 3 amide bonds. The number of hydrogen-bond acceptors (Lipinski definition) is 2. The maximum Gasteiger partial charge on any atom is 0.321 e. The van der Waals surface area contributed by atoms with Crippen LogP contribution in [0.5, 0.6) is 0 Å². The zero-order valence-electron chi connectivity index (χ0n) is 12.7. The highest BCUT2D eigenvalue weighted by Gasteiger charge is 2.27. The highest BCUT2D eigenvalue weighted by molar-refractivity contribution is 5.94. The lowest BCUT2D eigenvalue weighted by atomic mass is 9.92. The van der Waals surface area contributed by atoms with Gasteiger partial charge in [0.05, 0.1) is 13.1 Å². The van der Waals surface area contributed by atoms with Crippen LogP contribution in [-0.4, -0.2) is 37.6 Å². The van der Waals surface area contributed by atoms with Crippen molar-refractivity contribution in [3.8, 4) is 0 Å². The molecule has 2 rings (SSSR count). The lowest BCUT2D eigenvalue weighted by Gasteiger charge is -2.31. The van der Waals surface area contributed by atoms with Gasteiger partial charge in [-0.05, 0) is 19.3 Å². The molecular weight excluding hydrogens is 254 g/mol. The zero-order valence-corrected chi connectivity index (χ0v) is 12.7. The van der Waals surface area contributed by atoms with Crippen LogP contribution in [0.2, 0.25) is 0 Å². The zero-order chi connectivity index (χ0) is 14.5. The summed E-state index contributed by atoms with van der Waals surface area (Å²) in [6.45, 7) is 6.94. The van der Waals surface area contributed by atoms with Gasteiger partial charge in [-0.15, -0.1) is 0 Å². The minimum absolute atomic E-state index is 0.156. The van der Waals surface area contributed by atoms with Gasteiger partial charge in [0.25, 0.3) is 5.91 Å². The molecule has 1 aliphatic carbocycles. The molecule has 1 heterocycles. The van der Waals surface area contributed by atoms with Crippen molar-refractivity contribution in [2.24, 2.45) is 11.8 Å². The molecule has 0 bridgehead atoms. The maximum atomic E-state index is 11.9. The van der Waals surface area contributed by atoms with Crippen molar-refractivity contribution in [1.82, 2.24) is 10.6 Å². The molecule has 114 valence electrons. The summed E-state index contributed by atoms with van der Waals surface area (Å²) in [5.74, 6) is 1.17. The van der Waals surface area contributed by atoms with Gasteiger partial charge in [0.15, 0.2) is 6.54 Å². The van der Waals surface area contributed by atoms with Crippen LogP contribution in [0.25, 0.3) is 0 Å². The third kappa shape index (κ3) is 4.78. The minimum Gasteiger partial charge on any atom is -0.335 e. The molecule has 1 aliphatic heterocycles. The largest absolute Gasteiger partial charge is 0.335 e. The summed E-state index contributed by atoms with van der Waals surface area (Å²) in [5.41, 5.74) is 0. The Bertz CT molecular complexity index is 343. The van der Waals surface area contributed by atoms with Crippen LogP contribution in [0.3, 0.4) is 0 Å². The quantitative estimate of drug-likeness (QED) is 0.698. The van der Waals surface area contributed by atoms with Crippen LogP contribution < -0.4 is 15.5 Å². The maximum absolute atomic E-state index is 11.9. The Morgan fingerprint density at radius 1 is 1.10 bits per heavy atom. The second-order valence-corrected chi connectivity index (χ2v) is 6.78. The van der Waals surface area contributed by atoms with Gasteiger partial charge in [-0.1, -0.05) is 26.7 Å². The summed E-state index contributed by atoms with van der Waals surface area (Å²) >= 11 is 0. The number of nitrogens with one attached hydrogen (secondary N) is 3. The average molecular weight is 282 g/mol. The van der Waals surface area contributed by atoms with E-state index in [1.165, 1.54) is 24.2 Å². The van der Waals surface area contributed by atoms with E-state index in [4.69, 9.17) is 0 Å². The predicted molar refractivity (Wildman–Crippen MR) is 77.4 cm³/mol. The van der Waals surface area contributed by atoms with Crippen molar-refractivity contribution in [2.75, 3.05) is 19.6 Å². The highest BCUT2D eigenvalue weighted by atomic mass is 16.2. The molecule has 1 saturated heterocycles. The second kappa shape index (κ2) is 7.07. The Morgan fingerprint density at radius 3 is 2.30 bits per heavy atom. The number of imide groups is 1. The van der Waals surface area contributed by atoms with Crippen molar-refractivity contribution in [3.05, 3.63) is 0 Å². The van der Waals surface area contributed by atoms with Gasteiger partial charge < -0.3 is 10.2 Å². The van der Waals surface area contributed by atoms with Crippen LogP contribution in [0.15, 0.2) is 0 Å². The summed E-state index contributed by atoms with van der Waals surface area (Å²) in [7, 11) is 0. The minimum atomic E-state index is -0.320. The van der Waals surface area contributed by atoms with Crippen LogP contribution in [0.1, 0.15) is 46.0 Å². The number of quaternary nitrogens is 1. The fourth-order valence-corrected chi connectivity index (χ4v) is 3.76. The molecule has 2 aliphatic rings. The van der Waals surface area contributed by atoms with E-state index in [0.717, 1.165) is 25.9 Å². The molecule has 0 unspecified atom stereocenters. The Morgan fingerprint density at radius 2 is 1.70 bits per heavy atom. The van der Waals surface area contributed by atoms with E-state index in [0.29, 0.717) is 18.4 Å². The molecule has 2 atom stereocenters. The molecule has 2 fully saturated rings. The topological polar surface area (TPSA) is 62.6 Å². The molecule has 0 spiro atoms. The summed E-state index contributed by atoms with van der Waals surface area (Å²) in [4.78, 5) is 24.9. The molecule has 20 heavy (non-hydrogen) atoms. The molecule has 3 N–H and O–H groups in total.